The minimum absolute atomic E-state index is 0.0600. The molecule has 2 fully saturated rings. The van der Waals surface area contributed by atoms with E-state index in [-0.39, 0.29) is 30.7 Å². The Balaban J connectivity index is 1.75. The van der Waals surface area contributed by atoms with E-state index in [0.29, 0.717) is 31.2 Å². The first-order chi connectivity index (χ1) is 12.8. The molecule has 1 aromatic carbocycles. The van der Waals surface area contributed by atoms with Gasteiger partial charge in [0.25, 0.3) is 0 Å². The van der Waals surface area contributed by atoms with E-state index in [9.17, 15) is 19.5 Å². The lowest BCUT2D eigenvalue weighted by Crippen LogP contribution is -2.45. The number of hydrogen-bond acceptors (Lipinski definition) is 4. The van der Waals surface area contributed by atoms with Crippen LogP contribution in [0.25, 0.3) is 0 Å². The van der Waals surface area contributed by atoms with Crippen LogP contribution in [0, 0.1) is 11.3 Å². The fourth-order valence-corrected chi connectivity index (χ4v) is 4.11. The fourth-order valence-electron chi connectivity index (χ4n) is 3.99. The van der Waals surface area contributed by atoms with Crippen molar-refractivity contribution in [1.82, 2.24) is 10.2 Å². The molecule has 0 spiro atoms. The molecule has 1 aromatic rings. The van der Waals surface area contributed by atoms with E-state index in [1.165, 1.54) is 6.92 Å². The predicted molar refractivity (Wildman–Crippen MR) is 98.2 cm³/mol. The second-order valence-corrected chi connectivity index (χ2v) is 7.70. The Labute approximate surface area is 162 Å². The standard InChI is InChI=1S/C19H23ClN2O5/c1-12(23)21-16(13-2-4-15(20)5-3-13)8-17(24)22-9-14-10-27-7-6-19(14,11-22)18(25)26/h2-5,14,16H,6-11H2,1H3,(H,21,23)(H,25,26)/t14-,16?,19+/m0/s1. The Morgan fingerprint density at radius 2 is 2.07 bits per heavy atom. The van der Waals surface area contributed by atoms with Crippen molar-refractivity contribution in [2.24, 2.45) is 11.3 Å². The monoisotopic (exact) mass is 394 g/mol. The van der Waals surface area contributed by atoms with Crippen LogP contribution in [0.2, 0.25) is 5.02 Å². The van der Waals surface area contributed by atoms with Crippen molar-refractivity contribution in [1.29, 1.82) is 0 Å². The number of carboxylic acid groups (broad SMARTS) is 1. The van der Waals surface area contributed by atoms with E-state index in [1.807, 2.05) is 0 Å². The van der Waals surface area contributed by atoms with Crippen molar-refractivity contribution in [2.75, 3.05) is 26.3 Å². The second-order valence-electron chi connectivity index (χ2n) is 7.27. The number of likely N-dealkylation sites (tertiary alicyclic amines) is 1. The van der Waals surface area contributed by atoms with Gasteiger partial charge in [0, 0.05) is 37.6 Å². The number of fused-ring (bicyclic) bond motifs is 1. The summed E-state index contributed by atoms with van der Waals surface area (Å²) in [5.74, 6) is -1.50. The van der Waals surface area contributed by atoms with Gasteiger partial charge in [-0.05, 0) is 24.1 Å². The molecule has 146 valence electrons. The number of aliphatic carboxylic acids is 1. The highest BCUT2D eigenvalue weighted by atomic mass is 35.5. The van der Waals surface area contributed by atoms with Crippen LogP contribution in [0.3, 0.4) is 0 Å². The zero-order valence-corrected chi connectivity index (χ0v) is 15.9. The van der Waals surface area contributed by atoms with Crippen molar-refractivity contribution in [3.63, 3.8) is 0 Å². The quantitative estimate of drug-likeness (QED) is 0.794. The van der Waals surface area contributed by atoms with E-state index in [2.05, 4.69) is 5.32 Å². The molecule has 0 saturated carbocycles. The molecule has 0 bridgehead atoms. The lowest BCUT2D eigenvalue weighted by Gasteiger charge is -2.33. The first kappa shape index (κ1) is 19.6. The van der Waals surface area contributed by atoms with Gasteiger partial charge in [-0.2, -0.15) is 0 Å². The Morgan fingerprint density at radius 1 is 1.37 bits per heavy atom. The van der Waals surface area contributed by atoms with E-state index >= 15 is 0 Å². The number of carboxylic acids is 1. The summed E-state index contributed by atoms with van der Waals surface area (Å²) in [4.78, 5) is 38.0. The maximum Gasteiger partial charge on any atom is 0.311 e. The van der Waals surface area contributed by atoms with Crippen LogP contribution in [-0.2, 0) is 19.1 Å². The molecule has 0 aliphatic carbocycles. The van der Waals surface area contributed by atoms with Gasteiger partial charge in [0.15, 0.2) is 0 Å². The van der Waals surface area contributed by atoms with Crippen LogP contribution in [-0.4, -0.2) is 54.1 Å². The molecule has 7 nitrogen and oxygen atoms in total. The summed E-state index contributed by atoms with van der Waals surface area (Å²) >= 11 is 5.92. The molecule has 0 aromatic heterocycles. The summed E-state index contributed by atoms with van der Waals surface area (Å²) in [5, 5.41) is 13.1. The number of benzene rings is 1. The predicted octanol–water partition coefficient (Wildman–Crippen LogP) is 1.86. The molecule has 2 N–H and O–H groups in total. The first-order valence-electron chi connectivity index (χ1n) is 8.93. The zero-order chi connectivity index (χ0) is 19.6. The maximum absolute atomic E-state index is 12.9. The van der Waals surface area contributed by atoms with Crippen LogP contribution in [0.1, 0.15) is 31.4 Å². The molecule has 8 heteroatoms. The molecule has 2 aliphatic heterocycles. The number of nitrogens with one attached hydrogen (secondary N) is 1. The third-order valence-corrected chi connectivity index (χ3v) is 5.77. The average Bonchev–Trinajstić information content (AvgIpc) is 3.03. The third kappa shape index (κ3) is 4.09. The van der Waals surface area contributed by atoms with Gasteiger partial charge in [0.2, 0.25) is 11.8 Å². The summed E-state index contributed by atoms with van der Waals surface area (Å²) < 4.78 is 5.43. The number of nitrogens with zero attached hydrogens (tertiary/aromatic N) is 1. The number of carbonyl (C=O) groups excluding carboxylic acids is 2. The molecule has 2 aliphatic rings. The number of halogens is 1. The lowest BCUT2D eigenvalue weighted by molar-refractivity contribution is -0.157. The van der Waals surface area contributed by atoms with E-state index in [1.54, 1.807) is 29.2 Å². The number of hydrogen-bond donors (Lipinski definition) is 2. The van der Waals surface area contributed by atoms with Crippen molar-refractivity contribution in [3.05, 3.63) is 34.9 Å². The minimum atomic E-state index is -0.933. The van der Waals surface area contributed by atoms with Crippen LogP contribution in [0.4, 0.5) is 0 Å². The summed E-state index contributed by atoms with van der Waals surface area (Å²) in [5.41, 5.74) is -0.159. The molecular weight excluding hydrogens is 372 g/mol. The van der Waals surface area contributed by atoms with E-state index in [0.717, 1.165) is 5.56 Å². The molecule has 27 heavy (non-hydrogen) atoms. The second kappa shape index (κ2) is 7.86. The maximum atomic E-state index is 12.9. The highest BCUT2D eigenvalue weighted by Crippen LogP contribution is 2.42. The molecule has 2 amide bonds. The largest absolute Gasteiger partial charge is 0.481 e. The fraction of sp³-hybridized carbons (Fsp3) is 0.526. The van der Waals surface area contributed by atoms with Gasteiger partial charge < -0.3 is 20.1 Å². The Morgan fingerprint density at radius 3 is 2.67 bits per heavy atom. The number of ether oxygens (including phenoxy) is 1. The number of amides is 2. The molecule has 1 unspecified atom stereocenters. The van der Waals surface area contributed by atoms with Crippen molar-refractivity contribution in [3.8, 4) is 0 Å². The van der Waals surface area contributed by atoms with Crippen molar-refractivity contribution in [2.45, 2.75) is 25.8 Å². The summed E-state index contributed by atoms with van der Waals surface area (Å²) in [6.45, 7) is 2.68. The highest BCUT2D eigenvalue weighted by Gasteiger charge is 2.54. The van der Waals surface area contributed by atoms with Gasteiger partial charge in [-0.1, -0.05) is 23.7 Å². The normalized spacial score (nSPS) is 25.6. The molecule has 3 rings (SSSR count). The van der Waals surface area contributed by atoms with Gasteiger partial charge in [0.1, 0.15) is 0 Å². The van der Waals surface area contributed by atoms with Crippen molar-refractivity contribution >= 4 is 29.4 Å². The first-order valence-corrected chi connectivity index (χ1v) is 9.31. The summed E-state index contributed by atoms with van der Waals surface area (Å²) in [6.07, 6.45) is 0.466. The summed E-state index contributed by atoms with van der Waals surface area (Å²) in [7, 11) is 0. The molecule has 2 saturated heterocycles. The molecule has 0 radical (unpaired) electrons. The van der Waals surface area contributed by atoms with Gasteiger partial charge >= 0.3 is 5.97 Å². The third-order valence-electron chi connectivity index (χ3n) is 5.51. The number of rotatable bonds is 5. The molecular formula is C19H23ClN2O5. The lowest BCUT2D eigenvalue weighted by atomic mass is 9.74. The van der Waals surface area contributed by atoms with Crippen LogP contribution < -0.4 is 5.32 Å². The van der Waals surface area contributed by atoms with E-state index < -0.39 is 17.4 Å². The molecule has 2 heterocycles. The molecule has 3 atom stereocenters. The average molecular weight is 395 g/mol. The summed E-state index contributed by atoms with van der Waals surface area (Å²) in [6, 6.07) is 6.46. The zero-order valence-electron chi connectivity index (χ0n) is 15.1. The SMILES string of the molecule is CC(=O)NC(CC(=O)N1C[C@H]2COCC[C@@]2(C(=O)O)C1)c1ccc(Cl)cc1. The Hall–Kier alpha value is -2.12. The Kier molecular flexibility index (Phi) is 5.72. The minimum Gasteiger partial charge on any atom is -0.481 e. The van der Waals surface area contributed by atoms with Crippen LogP contribution in [0.5, 0.6) is 0 Å². The highest BCUT2D eigenvalue weighted by molar-refractivity contribution is 6.30. The number of carbonyl (C=O) groups is 3. The van der Waals surface area contributed by atoms with E-state index in [4.69, 9.17) is 16.3 Å². The Bertz CT molecular complexity index is 738. The smallest absolute Gasteiger partial charge is 0.311 e. The van der Waals surface area contributed by atoms with Crippen molar-refractivity contribution < 1.29 is 24.2 Å². The van der Waals surface area contributed by atoms with Gasteiger partial charge in [-0.3, -0.25) is 14.4 Å². The van der Waals surface area contributed by atoms with Gasteiger partial charge in [-0.15, -0.1) is 0 Å². The van der Waals surface area contributed by atoms with Gasteiger partial charge in [-0.25, -0.2) is 0 Å². The van der Waals surface area contributed by atoms with Gasteiger partial charge in [0.05, 0.1) is 24.5 Å². The topological polar surface area (TPSA) is 95.9 Å². The van der Waals surface area contributed by atoms with Crippen LogP contribution in [0.15, 0.2) is 24.3 Å². The van der Waals surface area contributed by atoms with Crippen LogP contribution >= 0.6 is 11.6 Å².